The second-order valence-corrected chi connectivity index (χ2v) is 21.3. The summed E-state index contributed by atoms with van der Waals surface area (Å²) in [6.45, 7) is 24.8. The van der Waals surface area contributed by atoms with Gasteiger partial charge in [0.2, 0.25) is 0 Å². The molecule has 2 fully saturated rings. The van der Waals surface area contributed by atoms with Crippen LogP contribution in [0.15, 0.2) is 0 Å². The first kappa shape index (κ1) is 30.7. The Morgan fingerprint density at radius 3 is 1.03 bits per heavy atom. The highest BCUT2D eigenvalue weighted by molar-refractivity contribution is 6.58. The molecule has 2 saturated carbocycles. The smallest absolute Gasteiger partial charge is 0.122 e. The SMILES string of the molecule is C#CC(OC(C#C)[C@H]1CC[C@H](C([SiH](C)C)C(C)(C)C)CC1)[C@H]1CC[C@H](C([SiH](C)C)C(C)(C)C)CC1. The number of hydrogen-bond donors (Lipinski definition) is 0. The van der Waals surface area contributed by atoms with Crippen molar-refractivity contribution in [1.29, 1.82) is 0 Å². The predicted octanol–water partition coefficient (Wildman–Crippen LogP) is 8.43. The second-order valence-electron chi connectivity index (χ2n) is 14.9. The fraction of sp³-hybridized carbons (Fsp3) is 0.875. The van der Waals surface area contributed by atoms with Crippen LogP contribution in [0.5, 0.6) is 0 Å². The van der Waals surface area contributed by atoms with Gasteiger partial charge in [-0.2, -0.15) is 0 Å². The van der Waals surface area contributed by atoms with E-state index >= 15 is 0 Å². The first-order valence-electron chi connectivity index (χ1n) is 14.8. The van der Waals surface area contributed by atoms with Crippen molar-refractivity contribution in [3.63, 3.8) is 0 Å². The molecule has 0 amide bonds. The average molecular weight is 515 g/mol. The fourth-order valence-electron chi connectivity index (χ4n) is 8.85. The van der Waals surface area contributed by atoms with Crippen LogP contribution in [0, 0.1) is 59.2 Å². The molecule has 0 aromatic carbocycles. The molecule has 2 aliphatic rings. The monoisotopic (exact) mass is 514 g/mol. The molecule has 3 heteroatoms. The topological polar surface area (TPSA) is 9.23 Å². The van der Waals surface area contributed by atoms with E-state index in [1.807, 2.05) is 0 Å². The average Bonchev–Trinajstić information content (AvgIpc) is 2.73. The van der Waals surface area contributed by atoms with Crippen molar-refractivity contribution in [2.75, 3.05) is 0 Å². The summed E-state index contributed by atoms with van der Waals surface area (Å²) < 4.78 is 6.59. The Hall–Kier alpha value is -0.486. The van der Waals surface area contributed by atoms with Crippen LogP contribution < -0.4 is 0 Å². The maximum absolute atomic E-state index is 6.59. The van der Waals surface area contributed by atoms with Crippen LogP contribution >= 0.6 is 0 Å². The third kappa shape index (κ3) is 8.25. The lowest BCUT2D eigenvalue weighted by atomic mass is 9.72. The number of rotatable bonds is 8. The van der Waals surface area contributed by atoms with Crippen LogP contribution in [0.3, 0.4) is 0 Å². The van der Waals surface area contributed by atoms with Crippen molar-refractivity contribution in [1.82, 2.24) is 0 Å². The lowest BCUT2D eigenvalue weighted by Crippen LogP contribution is -2.39. The molecule has 0 N–H and O–H groups in total. The number of ether oxygens (including phenoxy) is 1. The minimum atomic E-state index is -0.710. The van der Waals surface area contributed by atoms with Crippen molar-refractivity contribution in [2.24, 2.45) is 34.5 Å². The third-order valence-corrected chi connectivity index (χ3v) is 15.5. The van der Waals surface area contributed by atoms with E-state index in [1.54, 1.807) is 0 Å². The standard InChI is InChI=1S/C32H58OSi2/c1-13-27(23-15-19-25(20-16-23)29(34(9)10)31(3,4)5)33-28(14-2)24-17-21-26(22-18-24)30(35(11)12)32(6,7)8/h1-2,23-30,34-35H,15-22H2,3-12H3/t23-,24-,25-,26-,27?,28?,29?,30?. The van der Waals surface area contributed by atoms with Gasteiger partial charge >= 0.3 is 0 Å². The Bertz CT molecular complexity index is 651. The molecule has 0 aliphatic heterocycles. The van der Waals surface area contributed by atoms with E-state index in [2.05, 4.69) is 79.6 Å². The molecule has 2 aliphatic carbocycles. The quantitative estimate of drug-likeness (QED) is 0.233. The van der Waals surface area contributed by atoms with E-state index in [-0.39, 0.29) is 12.2 Å². The number of terminal acetylenes is 2. The van der Waals surface area contributed by atoms with Gasteiger partial charge in [-0.25, -0.2) is 0 Å². The normalized spacial score (nSPS) is 29.8. The van der Waals surface area contributed by atoms with Crippen molar-refractivity contribution in [2.45, 2.75) is 142 Å². The van der Waals surface area contributed by atoms with Gasteiger partial charge in [-0.3, -0.25) is 0 Å². The first-order valence-corrected chi connectivity index (χ1v) is 20.7. The molecule has 4 unspecified atom stereocenters. The maximum atomic E-state index is 6.59. The van der Waals surface area contributed by atoms with E-state index < -0.39 is 17.6 Å². The van der Waals surface area contributed by atoms with Gasteiger partial charge in [0.25, 0.3) is 0 Å². The molecule has 1 nitrogen and oxygen atoms in total. The molecule has 0 bridgehead atoms. The Kier molecular flexibility index (Phi) is 11.3. The lowest BCUT2D eigenvalue weighted by molar-refractivity contribution is -0.0331. The maximum Gasteiger partial charge on any atom is 0.122 e. The van der Waals surface area contributed by atoms with Gasteiger partial charge in [0.15, 0.2) is 0 Å². The molecule has 200 valence electrons. The summed E-state index contributed by atoms with van der Waals surface area (Å²) in [5, 5.41) is 0. The Balaban J connectivity index is 1.96. The van der Waals surface area contributed by atoms with Crippen LogP contribution in [0.4, 0.5) is 0 Å². The first-order chi connectivity index (χ1) is 16.2. The zero-order valence-corrected chi connectivity index (χ0v) is 27.3. The van der Waals surface area contributed by atoms with E-state index in [0.717, 1.165) is 22.9 Å². The molecule has 0 aromatic heterocycles. The van der Waals surface area contributed by atoms with Gasteiger partial charge in [-0.1, -0.05) is 105 Å². The Labute approximate surface area is 223 Å². The predicted molar refractivity (Wildman–Crippen MR) is 161 cm³/mol. The van der Waals surface area contributed by atoms with E-state index in [9.17, 15) is 0 Å². The van der Waals surface area contributed by atoms with Crippen molar-refractivity contribution < 1.29 is 4.74 Å². The Morgan fingerprint density at radius 2 is 0.829 bits per heavy atom. The van der Waals surface area contributed by atoms with E-state index in [0.29, 0.717) is 22.7 Å². The summed E-state index contributed by atoms with van der Waals surface area (Å²) >= 11 is 0. The summed E-state index contributed by atoms with van der Waals surface area (Å²) in [4.78, 5) is 0. The van der Waals surface area contributed by atoms with Gasteiger partial charge < -0.3 is 4.74 Å². The fourth-order valence-corrected chi connectivity index (χ4v) is 15.8. The minimum absolute atomic E-state index is 0.121. The number of hydrogen-bond acceptors (Lipinski definition) is 1. The summed E-state index contributed by atoms with van der Waals surface area (Å²) in [5.41, 5.74) is 2.62. The van der Waals surface area contributed by atoms with Gasteiger partial charge in [0.1, 0.15) is 12.2 Å². The highest BCUT2D eigenvalue weighted by Gasteiger charge is 2.41. The van der Waals surface area contributed by atoms with E-state index in [4.69, 9.17) is 17.6 Å². The van der Waals surface area contributed by atoms with Crippen LogP contribution in [0.25, 0.3) is 0 Å². The highest BCUT2D eigenvalue weighted by atomic mass is 28.3. The van der Waals surface area contributed by atoms with Gasteiger partial charge in [-0.15, -0.1) is 12.8 Å². The molecule has 0 saturated heterocycles. The molecule has 35 heavy (non-hydrogen) atoms. The van der Waals surface area contributed by atoms with Gasteiger partial charge in [0.05, 0.1) is 0 Å². The van der Waals surface area contributed by atoms with E-state index in [1.165, 1.54) is 51.4 Å². The zero-order valence-electron chi connectivity index (χ0n) is 25.0. The van der Waals surface area contributed by atoms with Gasteiger partial charge in [0, 0.05) is 17.6 Å². The Morgan fingerprint density at radius 1 is 0.571 bits per heavy atom. The van der Waals surface area contributed by atoms with Crippen molar-refractivity contribution in [3.8, 4) is 24.7 Å². The minimum Gasteiger partial charge on any atom is -0.349 e. The van der Waals surface area contributed by atoms with Crippen molar-refractivity contribution in [3.05, 3.63) is 0 Å². The third-order valence-electron chi connectivity index (χ3n) is 9.56. The molecular formula is C32H58OSi2. The molecule has 0 spiro atoms. The molecule has 2 rings (SSSR count). The molecule has 0 radical (unpaired) electrons. The summed E-state index contributed by atoms with van der Waals surface area (Å²) in [5.74, 6) is 8.71. The summed E-state index contributed by atoms with van der Waals surface area (Å²) in [6.07, 6.45) is 21.9. The van der Waals surface area contributed by atoms with Gasteiger partial charge in [-0.05, 0) is 71.3 Å². The largest absolute Gasteiger partial charge is 0.349 e. The molecule has 0 aromatic rings. The molecule has 4 atom stereocenters. The van der Waals surface area contributed by atoms with Crippen LogP contribution in [0.1, 0.15) is 92.9 Å². The highest BCUT2D eigenvalue weighted by Crippen LogP contribution is 2.49. The lowest BCUT2D eigenvalue weighted by Gasteiger charge is -2.44. The summed E-state index contributed by atoms with van der Waals surface area (Å²) in [7, 11) is -1.42. The molecule has 0 heterocycles. The van der Waals surface area contributed by atoms with Crippen LogP contribution in [0.2, 0.25) is 37.3 Å². The van der Waals surface area contributed by atoms with Crippen LogP contribution in [-0.4, -0.2) is 29.8 Å². The van der Waals surface area contributed by atoms with Crippen molar-refractivity contribution >= 4 is 17.6 Å². The zero-order chi connectivity index (χ0) is 26.6. The van der Waals surface area contributed by atoms with Crippen LogP contribution in [-0.2, 0) is 4.74 Å². The second kappa shape index (κ2) is 12.8. The molecular weight excluding hydrogens is 457 g/mol. The summed E-state index contributed by atoms with van der Waals surface area (Å²) in [6, 6.07) is 0.